The average Bonchev–Trinajstić information content (AvgIpc) is 2.37. The predicted octanol–water partition coefficient (Wildman–Crippen LogP) is 3.44. The highest BCUT2D eigenvalue weighted by Crippen LogP contribution is 2.24. The van der Waals surface area contributed by atoms with Crippen LogP contribution in [0.25, 0.3) is 0 Å². The van der Waals surface area contributed by atoms with Crippen LogP contribution >= 0.6 is 0 Å². The SMILES string of the molecule is Cc1ccc(S(=O)(=O)N(C)c2cc(C)cc(C)c2)cc1. The third-order valence-corrected chi connectivity index (χ3v) is 5.05. The van der Waals surface area contributed by atoms with Crippen molar-refractivity contribution < 1.29 is 8.42 Å². The van der Waals surface area contributed by atoms with Gasteiger partial charge in [-0.15, -0.1) is 0 Å². The highest BCUT2D eigenvalue weighted by molar-refractivity contribution is 7.92. The Morgan fingerprint density at radius 1 is 0.800 bits per heavy atom. The molecule has 0 aromatic heterocycles. The van der Waals surface area contributed by atoms with E-state index in [0.29, 0.717) is 10.6 Å². The van der Waals surface area contributed by atoms with E-state index < -0.39 is 10.0 Å². The lowest BCUT2D eigenvalue weighted by Crippen LogP contribution is -2.26. The van der Waals surface area contributed by atoms with Crippen molar-refractivity contribution >= 4 is 15.7 Å². The summed E-state index contributed by atoms with van der Waals surface area (Å²) in [7, 11) is -1.92. The van der Waals surface area contributed by atoms with Gasteiger partial charge in [0.1, 0.15) is 0 Å². The third kappa shape index (κ3) is 2.85. The summed E-state index contributed by atoms with van der Waals surface area (Å²) in [5.41, 5.74) is 3.82. The summed E-state index contributed by atoms with van der Waals surface area (Å²) in [5, 5.41) is 0. The van der Waals surface area contributed by atoms with E-state index in [4.69, 9.17) is 0 Å². The molecular weight excluding hydrogens is 270 g/mol. The number of aryl methyl sites for hydroxylation is 3. The predicted molar refractivity (Wildman–Crippen MR) is 82.7 cm³/mol. The molecule has 0 bridgehead atoms. The van der Waals surface area contributed by atoms with Gasteiger partial charge in [0.25, 0.3) is 10.0 Å². The molecule has 0 aliphatic rings. The Morgan fingerprint density at radius 2 is 1.30 bits per heavy atom. The van der Waals surface area contributed by atoms with E-state index in [1.807, 2.05) is 51.1 Å². The fourth-order valence-corrected chi connectivity index (χ4v) is 3.32. The molecule has 20 heavy (non-hydrogen) atoms. The molecule has 0 aliphatic heterocycles. The normalized spacial score (nSPS) is 11.4. The topological polar surface area (TPSA) is 37.4 Å². The number of benzene rings is 2. The minimum absolute atomic E-state index is 0.310. The highest BCUT2D eigenvalue weighted by atomic mass is 32.2. The van der Waals surface area contributed by atoms with E-state index in [9.17, 15) is 8.42 Å². The Morgan fingerprint density at radius 3 is 1.80 bits per heavy atom. The summed E-state index contributed by atoms with van der Waals surface area (Å²) in [6.45, 7) is 5.86. The molecule has 0 unspecified atom stereocenters. The van der Waals surface area contributed by atoms with Crippen molar-refractivity contribution in [1.29, 1.82) is 0 Å². The van der Waals surface area contributed by atoms with Crippen LogP contribution in [-0.4, -0.2) is 15.5 Å². The molecular formula is C16H19NO2S. The maximum atomic E-state index is 12.6. The Bertz CT molecular complexity index is 698. The molecule has 0 radical (unpaired) electrons. The summed E-state index contributed by atoms with van der Waals surface area (Å²) in [6, 6.07) is 12.7. The lowest BCUT2D eigenvalue weighted by molar-refractivity contribution is 0.594. The molecule has 0 saturated heterocycles. The number of rotatable bonds is 3. The van der Waals surface area contributed by atoms with Gasteiger partial charge < -0.3 is 0 Å². The molecule has 2 aromatic carbocycles. The van der Waals surface area contributed by atoms with Crippen molar-refractivity contribution in [2.24, 2.45) is 0 Å². The second-order valence-electron chi connectivity index (χ2n) is 5.13. The van der Waals surface area contributed by atoms with E-state index in [0.717, 1.165) is 16.7 Å². The minimum atomic E-state index is -3.51. The molecule has 0 aliphatic carbocycles. The van der Waals surface area contributed by atoms with Crippen molar-refractivity contribution in [3.63, 3.8) is 0 Å². The summed E-state index contributed by atoms with van der Waals surface area (Å²) >= 11 is 0. The first-order valence-electron chi connectivity index (χ1n) is 6.44. The molecule has 0 N–H and O–H groups in total. The van der Waals surface area contributed by atoms with Crippen molar-refractivity contribution in [1.82, 2.24) is 0 Å². The Hall–Kier alpha value is -1.81. The van der Waals surface area contributed by atoms with Crippen molar-refractivity contribution in [2.45, 2.75) is 25.7 Å². The van der Waals surface area contributed by atoms with Crippen LogP contribution in [0.4, 0.5) is 5.69 Å². The van der Waals surface area contributed by atoms with Gasteiger partial charge in [-0.25, -0.2) is 8.42 Å². The maximum Gasteiger partial charge on any atom is 0.264 e. The van der Waals surface area contributed by atoms with Crippen molar-refractivity contribution in [3.05, 3.63) is 59.2 Å². The second-order valence-corrected chi connectivity index (χ2v) is 7.10. The van der Waals surface area contributed by atoms with Gasteiger partial charge >= 0.3 is 0 Å². The van der Waals surface area contributed by atoms with Gasteiger partial charge in [0.2, 0.25) is 0 Å². The number of anilines is 1. The standard InChI is InChI=1S/C16H19NO2S/c1-12-5-7-16(8-6-12)20(18,19)17(4)15-10-13(2)9-14(3)11-15/h5-11H,1-4H3. The first-order chi connectivity index (χ1) is 9.30. The van der Waals surface area contributed by atoms with Gasteiger partial charge in [0.05, 0.1) is 10.6 Å². The Labute approximate surface area is 120 Å². The molecule has 106 valence electrons. The summed E-state index contributed by atoms with van der Waals surface area (Å²) in [4.78, 5) is 0.310. The zero-order valence-corrected chi connectivity index (χ0v) is 13.0. The first-order valence-corrected chi connectivity index (χ1v) is 7.88. The lowest BCUT2D eigenvalue weighted by Gasteiger charge is -2.20. The van der Waals surface area contributed by atoms with Crippen LogP contribution < -0.4 is 4.31 Å². The van der Waals surface area contributed by atoms with E-state index >= 15 is 0 Å². The third-order valence-electron chi connectivity index (χ3n) is 3.25. The van der Waals surface area contributed by atoms with Gasteiger partial charge in [-0.05, 0) is 56.2 Å². The Kier molecular flexibility index (Phi) is 3.86. The molecule has 4 heteroatoms. The summed E-state index contributed by atoms with van der Waals surface area (Å²) in [6.07, 6.45) is 0. The van der Waals surface area contributed by atoms with Gasteiger partial charge in [-0.2, -0.15) is 0 Å². The van der Waals surface area contributed by atoms with Crippen LogP contribution in [0.1, 0.15) is 16.7 Å². The smallest absolute Gasteiger partial charge is 0.264 e. The van der Waals surface area contributed by atoms with Crippen LogP contribution in [0, 0.1) is 20.8 Å². The van der Waals surface area contributed by atoms with Gasteiger partial charge in [-0.1, -0.05) is 23.8 Å². The number of nitrogens with zero attached hydrogens (tertiary/aromatic N) is 1. The molecule has 0 fully saturated rings. The van der Waals surface area contributed by atoms with Gasteiger partial charge in [0.15, 0.2) is 0 Å². The van der Waals surface area contributed by atoms with Crippen LogP contribution in [0.3, 0.4) is 0 Å². The number of hydrogen-bond acceptors (Lipinski definition) is 2. The summed E-state index contributed by atoms with van der Waals surface area (Å²) < 4.78 is 26.5. The van der Waals surface area contributed by atoms with Crippen LogP contribution in [0.2, 0.25) is 0 Å². The van der Waals surface area contributed by atoms with E-state index in [-0.39, 0.29) is 0 Å². The molecule has 3 nitrogen and oxygen atoms in total. The van der Waals surface area contributed by atoms with E-state index in [2.05, 4.69) is 0 Å². The van der Waals surface area contributed by atoms with E-state index in [1.165, 1.54) is 4.31 Å². The monoisotopic (exact) mass is 289 g/mol. The van der Waals surface area contributed by atoms with Crippen molar-refractivity contribution in [3.8, 4) is 0 Å². The number of sulfonamides is 1. The maximum absolute atomic E-state index is 12.6. The van der Waals surface area contributed by atoms with Crippen LogP contribution in [0.5, 0.6) is 0 Å². The van der Waals surface area contributed by atoms with Crippen molar-refractivity contribution in [2.75, 3.05) is 11.4 Å². The largest absolute Gasteiger partial charge is 0.269 e. The molecule has 0 amide bonds. The lowest BCUT2D eigenvalue weighted by atomic mass is 10.1. The zero-order chi connectivity index (χ0) is 14.9. The number of hydrogen-bond donors (Lipinski definition) is 0. The molecule has 0 spiro atoms. The molecule has 0 atom stereocenters. The van der Waals surface area contributed by atoms with Gasteiger partial charge in [-0.3, -0.25) is 4.31 Å². The van der Waals surface area contributed by atoms with Crippen LogP contribution in [-0.2, 0) is 10.0 Å². The fraction of sp³-hybridized carbons (Fsp3) is 0.250. The van der Waals surface area contributed by atoms with Gasteiger partial charge in [0, 0.05) is 7.05 Å². The summed E-state index contributed by atoms with van der Waals surface area (Å²) in [5.74, 6) is 0. The molecule has 0 heterocycles. The van der Waals surface area contributed by atoms with E-state index in [1.54, 1.807) is 19.2 Å². The second kappa shape index (κ2) is 5.29. The highest BCUT2D eigenvalue weighted by Gasteiger charge is 2.21. The van der Waals surface area contributed by atoms with Crippen LogP contribution in [0.15, 0.2) is 47.4 Å². The Balaban J connectivity index is 2.45. The fourth-order valence-electron chi connectivity index (χ4n) is 2.14. The first kappa shape index (κ1) is 14.6. The quantitative estimate of drug-likeness (QED) is 0.868. The molecule has 2 aromatic rings. The molecule has 0 saturated carbocycles. The minimum Gasteiger partial charge on any atom is -0.269 e. The molecule has 2 rings (SSSR count). The average molecular weight is 289 g/mol. The zero-order valence-electron chi connectivity index (χ0n) is 12.2.